The molecule has 0 atom stereocenters. The Morgan fingerprint density at radius 2 is 2.12 bits per heavy atom. The van der Waals surface area contributed by atoms with Gasteiger partial charge in [0.05, 0.1) is 10.5 Å². The van der Waals surface area contributed by atoms with Crippen LogP contribution in [0.15, 0.2) is 30.5 Å². The second-order valence-electron chi connectivity index (χ2n) is 4.51. The number of para-hydroxylation sites is 1. The topological polar surface area (TPSA) is 147 Å². The van der Waals surface area contributed by atoms with E-state index in [1.807, 2.05) is 0 Å². The number of ether oxygens (including phenoxy) is 2. The van der Waals surface area contributed by atoms with Crippen molar-refractivity contribution >= 4 is 33.3 Å². The quantitative estimate of drug-likeness (QED) is 0.402. The minimum Gasteiger partial charge on any atom is -0.481 e. The molecule has 1 heterocycles. The van der Waals surface area contributed by atoms with Gasteiger partial charge in [0, 0.05) is 6.54 Å². The van der Waals surface area contributed by atoms with E-state index in [0.717, 1.165) is 17.5 Å². The van der Waals surface area contributed by atoms with Crippen LogP contribution in [0, 0.1) is 10.1 Å². The molecule has 1 aromatic carbocycles. The highest BCUT2D eigenvalue weighted by atomic mass is 32.1. The van der Waals surface area contributed by atoms with Crippen LogP contribution in [0.5, 0.6) is 5.75 Å². The number of aromatic nitrogens is 1. The molecule has 11 heteroatoms. The van der Waals surface area contributed by atoms with Crippen LogP contribution >= 0.6 is 11.3 Å². The molecule has 0 radical (unpaired) electrons. The summed E-state index contributed by atoms with van der Waals surface area (Å²) in [6.45, 7) is -0.106. The Bertz CT molecular complexity index is 778. The average Bonchev–Trinajstić information content (AvgIpc) is 3.07. The highest BCUT2D eigenvalue weighted by Gasteiger charge is 2.17. The Balaban J connectivity index is 2.04. The predicted octanol–water partition coefficient (Wildman–Crippen LogP) is 1.18. The number of nitro groups is 1. The monoisotopic (exact) mass is 366 g/mol. The number of benzene rings is 1. The number of nitrogens with one attached hydrogen (secondary N) is 1. The molecule has 0 aliphatic rings. The van der Waals surface area contributed by atoms with Crippen LogP contribution in [0.4, 0.5) is 10.1 Å². The van der Waals surface area contributed by atoms with Gasteiger partial charge in [0.25, 0.3) is 5.91 Å². The predicted molar refractivity (Wildman–Crippen MR) is 88.7 cm³/mol. The van der Waals surface area contributed by atoms with E-state index in [-0.39, 0.29) is 41.2 Å². The maximum absolute atomic E-state index is 12.3. The lowest BCUT2D eigenvalue weighted by atomic mass is 10.2. The van der Waals surface area contributed by atoms with Gasteiger partial charge in [-0.05, 0) is 23.5 Å². The lowest BCUT2D eigenvalue weighted by Crippen LogP contribution is -2.20. The number of esters is 1. The first kappa shape index (κ1) is 18.3. The number of carbonyl (C=O) groups is 2. The van der Waals surface area contributed by atoms with Crippen molar-refractivity contribution in [2.75, 3.05) is 25.1 Å². The van der Waals surface area contributed by atoms with Crippen molar-refractivity contribution in [2.24, 2.45) is 5.73 Å². The van der Waals surface area contributed by atoms with E-state index in [1.165, 1.54) is 12.1 Å². The van der Waals surface area contributed by atoms with E-state index < -0.39 is 16.8 Å². The van der Waals surface area contributed by atoms with Gasteiger partial charge in [-0.2, -0.15) is 0 Å². The fourth-order valence-electron chi connectivity index (χ4n) is 1.70. The second-order valence-corrected chi connectivity index (χ2v) is 5.52. The summed E-state index contributed by atoms with van der Waals surface area (Å²) in [6, 6.07) is 6.23. The van der Waals surface area contributed by atoms with Crippen LogP contribution in [0.2, 0.25) is 0 Å². The van der Waals surface area contributed by atoms with E-state index in [9.17, 15) is 19.7 Å². The van der Waals surface area contributed by atoms with E-state index in [0.29, 0.717) is 0 Å². The van der Waals surface area contributed by atoms with Gasteiger partial charge in [-0.1, -0.05) is 12.1 Å². The normalized spacial score (nSPS) is 10.1. The largest absolute Gasteiger partial charge is 0.481 e. The average molecular weight is 366 g/mol. The first-order chi connectivity index (χ1) is 12.0. The first-order valence-electron chi connectivity index (χ1n) is 7.00. The van der Waals surface area contributed by atoms with Gasteiger partial charge in [0.1, 0.15) is 18.6 Å². The molecule has 0 aliphatic carbocycles. The minimum atomic E-state index is -0.615. The number of hydrogen-bond donors (Lipinski definition) is 2. The molecule has 132 valence electrons. The fourth-order valence-corrected chi connectivity index (χ4v) is 2.33. The zero-order chi connectivity index (χ0) is 18.2. The highest BCUT2D eigenvalue weighted by molar-refractivity contribution is 7.18. The first-order valence-corrected chi connectivity index (χ1v) is 7.82. The zero-order valence-electron chi connectivity index (χ0n) is 12.8. The van der Waals surface area contributed by atoms with Crippen molar-refractivity contribution in [3.05, 3.63) is 46.1 Å². The molecule has 0 fully saturated rings. The summed E-state index contributed by atoms with van der Waals surface area (Å²) in [5.41, 5.74) is 5.37. The molecule has 3 N–H and O–H groups in total. The smallest absolute Gasteiger partial charge is 0.345 e. The van der Waals surface area contributed by atoms with Crippen LogP contribution in [0.3, 0.4) is 0 Å². The fraction of sp³-hybridized carbons (Fsp3) is 0.214. The molecular formula is C14H14N4O6S. The standard InChI is InChI=1S/C14H14N4O6S/c15-5-6-23-12(19)8-24-10-4-2-1-3-9(10)13(20)17-14-16-7-11(25-14)18(21)22/h1-4,7H,5-6,8,15H2,(H,16,17,20). The summed E-state index contributed by atoms with van der Waals surface area (Å²) >= 11 is 0.728. The molecule has 0 bridgehead atoms. The van der Waals surface area contributed by atoms with Gasteiger partial charge in [0.2, 0.25) is 0 Å². The molecule has 0 saturated carbocycles. The summed E-state index contributed by atoms with van der Waals surface area (Å²) in [5, 5.41) is 13.0. The number of amides is 1. The third kappa shape index (κ3) is 5.22. The number of hydrogen-bond acceptors (Lipinski definition) is 9. The van der Waals surface area contributed by atoms with Crippen LogP contribution in [0.25, 0.3) is 0 Å². The molecule has 1 amide bonds. The highest BCUT2D eigenvalue weighted by Crippen LogP contribution is 2.26. The van der Waals surface area contributed by atoms with Gasteiger partial charge < -0.3 is 15.2 Å². The van der Waals surface area contributed by atoms with E-state index >= 15 is 0 Å². The molecular weight excluding hydrogens is 352 g/mol. The summed E-state index contributed by atoms with van der Waals surface area (Å²) in [5.74, 6) is -1.03. The number of nitrogens with two attached hydrogens (primary N) is 1. The number of anilines is 1. The Kier molecular flexibility index (Phi) is 6.37. The molecule has 0 unspecified atom stereocenters. The molecule has 2 aromatic rings. The second kappa shape index (κ2) is 8.70. The van der Waals surface area contributed by atoms with E-state index in [2.05, 4.69) is 10.3 Å². The van der Waals surface area contributed by atoms with Gasteiger partial charge in [-0.3, -0.25) is 20.2 Å². The van der Waals surface area contributed by atoms with Crippen molar-refractivity contribution in [3.63, 3.8) is 0 Å². The van der Waals surface area contributed by atoms with Gasteiger partial charge in [-0.15, -0.1) is 0 Å². The maximum atomic E-state index is 12.3. The molecule has 0 spiro atoms. The van der Waals surface area contributed by atoms with Crippen LogP contribution in [-0.2, 0) is 9.53 Å². The van der Waals surface area contributed by atoms with Crippen molar-refractivity contribution < 1.29 is 24.0 Å². The zero-order valence-corrected chi connectivity index (χ0v) is 13.7. The molecule has 10 nitrogen and oxygen atoms in total. The summed E-state index contributed by atoms with van der Waals surface area (Å²) in [6.07, 6.45) is 1.05. The van der Waals surface area contributed by atoms with Crippen LogP contribution in [0.1, 0.15) is 10.4 Å². The number of thiazole rings is 1. The van der Waals surface area contributed by atoms with Crippen molar-refractivity contribution in [3.8, 4) is 5.75 Å². The third-order valence-corrected chi connectivity index (χ3v) is 3.62. The van der Waals surface area contributed by atoms with E-state index in [1.54, 1.807) is 12.1 Å². The molecule has 1 aromatic heterocycles. The number of nitrogens with zero attached hydrogens (tertiary/aromatic N) is 2. The summed E-state index contributed by atoms with van der Waals surface area (Å²) in [7, 11) is 0. The van der Waals surface area contributed by atoms with Crippen LogP contribution < -0.4 is 15.8 Å². The summed E-state index contributed by atoms with van der Waals surface area (Å²) < 4.78 is 10.1. The minimum absolute atomic E-state index is 0.0765. The molecule has 0 aliphatic heterocycles. The molecule has 25 heavy (non-hydrogen) atoms. The number of carbonyl (C=O) groups excluding carboxylic acids is 2. The van der Waals surface area contributed by atoms with Crippen molar-refractivity contribution in [1.29, 1.82) is 0 Å². The van der Waals surface area contributed by atoms with Crippen molar-refractivity contribution in [1.82, 2.24) is 4.98 Å². The Hall–Kier alpha value is -3.05. The van der Waals surface area contributed by atoms with Gasteiger partial charge >= 0.3 is 11.0 Å². The van der Waals surface area contributed by atoms with Crippen molar-refractivity contribution in [2.45, 2.75) is 0 Å². The van der Waals surface area contributed by atoms with E-state index in [4.69, 9.17) is 15.2 Å². The van der Waals surface area contributed by atoms with Gasteiger partial charge in [0.15, 0.2) is 11.7 Å². The lowest BCUT2D eigenvalue weighted by Gasteiger charge is -2.10. The Morgan fingerprint density at radius 3 is 2.80 bits per heavy atom. The van der Waals surface area contributed by atoms with Crippen LogP contribution in [-0.4, -0.2) is 41.5 Å². The molecule has 2 rings (SSSR count). The van der Waals surface area contributed by atoms with Gasteiger partial charge in [-0.25, -0.2) is 9.78 Å². The Morgan fingerprint density at radius 1 is 1.36 bits per heavy atom. The summed E-state index contributed by atoms with van der Waals surface area (Å²) in [4.78, 5) is 37.5. The SMILES string of the molecule is NCCOC(=O)COc1ccccc1C(=O)Nc1ncc([N+](=O)[O-])s1. The Labute approximate surface area is 145 Å². The molecule has 0 saturated heterocycles. The maximum Gasteiger partial charge on any atom is 0.345 e. The number of rotatable bonds is 8. The lowest BCUT2D eigenvalue weighted by molar-refractivity contribution is -0.380. The third-order valence-electron chi connectivity index (χ3n) is 2.75.